The molecule has 38 heteroatoms. The number of amides is 2. The Morgan fingerprint density at radius 3 is 1.76 bits per heavy atom. The average Bonchev–Trinajstić information content (AvgIpc) is 0.874. The Morgan fingerprint density at radius 2 is 1.19 bits per heavy atom. The van der Waals surface area contributed by atoms with Crippen molar-refractivity contribution in [1.29, 1.82) is 0 Å². The van der Waals surface area contributed by atoms with Gasteiger partial charge in [-0.1, -0.05) is 19.6 Å². The minimum Gasteiger partial charge on any atom is -0.394 e. The molecule has 31 atom stereocenters. The van der Waals surface area contributed by atoms with Crippen LogP contribution in [0.15, 0.2) is 0 Å². The number of ether oxygens (including phenoxy) is 12. The molecular formula is C46H80N2O34SSi. The lowest BCUT2D eigenvalue weighted by Gasteiger charge is -2.55. The highest BCUT2D eigenvalue weighted by atomic mass is 32.3. The molecule has 19 N–H and O–H groups in total. The molecule has 0 spiro atoms. The lowest BCUT2D eigenvalue weighted by Crippen LogP contribution is -2.77. The highest BCUT2D eigenvalue weighted by Crippen LogP contribution is 2.42. The van der Waals surface area contributed by atoms with E-state index < -0.39 is 259 Å². The van der Waals surface area contributed by atoms with Gasteiger partial charge in [-0.05, 0) is 13.0 Å². The van der Waals surface area contributed by atoms with Crippen LogP contribution in [0, 0.1) is 0 Å². The third-order valence-corrected chi connectivity index (χ3v) is 17.6. The molecule has 2 bridgehead atoms. The van der Waals surface area contributed by atoms with Gasteiger partial charge < -0.3 is 149 Å². The lowest BCUT2D eigenvalue weighted by atomic mass is 9.84. The van der Waals surface area contributed by atoms with Crippen molar-refractivity contribution in [2.75, 3.05) is 39.6 Å². The number of aliphatic hydroxyl groups is 16. The van der Waals surface area contributed by atoms with Crippen LogP contribution in [0.4, 0.5) is 0 Å². The Hall–Kier alpha value is -2.09. The van der Waals surface area contributed by atoms with Gasteiger partial charge in [0.05, 0.1) is 51.3 Å². The summed E-state index contributed by atoms with van der Waals surface area (Å²) in [5.41, 5.74) is 0. The van der Waals surface area contributed by atoms with Gasteiger partial charge in [-0.25, -0.2) is 4.18 Å². The summed E-state index contributed by atoms with van der Waals surface area (Å²) >= 11 is 0. The second-order valence-electron chi connectivity index (χ2n) is 22.8. The summed E-state index contributed by atoms with van der Waals surface area (Å²) in [6, 6.07) is -2.83. The molecule has 8 saturated heterocycles. The number of carbonyl (C=O) groups excluding carboxylic acids is 2. The largest absolute Gasteiger partial charge is 0.397 e. The summed E-state index contributed by atoms with van der Waals surface area (Å²) in [4.78, 5) is 26.9. The van der Waals surface area contributed by atoms with Gasteiger partial charge in [0, 0.05) is 28.0 Å². The van der Waals surface area contributed by atoms with Crippen LogP contribution in [-0.4, -0.2) is 344 Å². The van der Waals surface area contributed by atoms with Crippen molar-refractivity contribution in [2.45, 2.75) is 236 Å². The maximum atomic E-state index is 13.6. The Labute approximate surface area is 480 Å². The number of nitrogens with one attached hydrogen (secondary N) is 2. The number of rotatable bonds is 24. The molecule has 0 aromatic heterocycles. The van der Waals surface area contributed by atoms with Gasteiger partial charge in [-0.3, -0.25) is 14.1 Å². The zero-order chi connectivity index (χ0) is 62.2. The molecule has 2 amide bonds. The van der Waals surface area contributed by atoms with E-state index in [2.05, 4.69) is 30.3 Å². The van der Waals surface area contributed by atoms with E-state index in [0.717, 1.165) is 6.92 Å². The molecular weight excluding hydrogens is 1180 g/mol. The molecule has 0 aliphatic carbocycles. The minimum atomic E-state index is -5.51. The van der Waals surface area contributed by atoms with Gasteiger partial charge in [-0.15, -0.1) is 0 Å². The molecule has 8 rings (SSSR count). The fourth-order valence-electron chi connectivity index (χ4n) is 10.7. The van der Waals surface area contributed by atoms with E-state index in [9.17, 15) is 104 Å². The molecule has 84 heavy (non-hydrogen) atoms. The van der Waals surface area contributed by atoms with Gasteiger partial charge in [0.2, 0.25) is 5.91 Å². The number of morpholine rings is 1. The smallest absolute Gasteiger partial charge is 0.394 e. The van der Waals surface area contributed by atoms with E-state index in [1.807, 2.05) is 0 Å². The Bertz CT molecular complexity index is 2270. The molecule has 0 saturated carbocycles. The number of fused-ring (bicyclic) bond motifs is 3. The number of piperidine rings is 1. The quantitative estimate of drug-likeness (QED) is 0.0315. The maximum absolute atomic E-state index is 13.6. The van der Waals surface area contributed by atoms with Crippen molar-refractivity contribution >= 4 is 30.3 Å². The van der Waals surface area contributed by atoms with E-state index in [1.165, 1.54) is 6.92 Å². The lowest BCUT2D eigenvalue weighted by molar-refractivity contribution is -0.400. The van der Waals surface area contributed by atoms with Gasteiger partial charge in [0.25, 0.3) is 11.7 Å². The Morgan fingerprint density at radius 1 is 0.667 bits per heavy atom. The van der Waals surface area contributed by atoms with Crippen LogP contribution in [0.2, 0.25) is 25.7 Å². The Kier molecular flexibility index (Phi) is 23.4. The predicted molar refractivity (Wildman–Crippen MR) is 267 cm³/mol. The summed E-state index contributed by atoms with van der Waals surface area (Å²) in [5.74, 6) is -4.90. The number of hydrogen-bond acceptors (Lipinski definition) is 33. The maximum Gasteiger partial charge on any atom is 0.397 e. The Balaban J connectivity index is 1.24. The molecule has 488 valence electrons. The standard InChI is InChI=1S/C46H80N2O34SSi/c1-14-24(56)28(60)30(62)42(72-14)79-37-23(47-15(2)53)40(80-38-26(58)18(10-50)73-43(32(38)64)77-34-20(12-52)75-41(31(63)29(34)61)70-6-7-84(3,4)5)76-21(13-71-83(67,68)69)35(37)78-44-33(65)39(27(59)19(11-51)74-44)82-46-8-16(54)22(48-45(46)66)36(81-46)25(57)17(55)9-49/h14,16-44,49-52,54-65H,6-13H2,1-5H3,(H,47,53)(H,48,66)(H,67,68,69)/t14-,16-,17+,18+,19+,20+,21+,22+,23+,24+,25+,26-,27-,28+,29+,30-,31+,32+,33+,34+,35+,36+,37+,38-,39-,40-,41+,42-,43-,44-,46-/m0/s1. The monoisotopic (exact) mass is 1260 g/mol. The van der Waals surface area contributed by atoms with E-state index in [0.29, 0.717) is 6.04 Å². The molecule has 8 aliphatic rings. The first-order valence-corrected chi connectivity index (χ1v) is 32.0. The molecule has 0 radical (unpaired) electrons. The van der Waals surface area contributed by atoms with E-state index in [4.69, 9.17) is 61.0 Å². The number of aliphatic hydroxyl groups excluding tert-OH is 16. The summed E-state index contributed by atoms with van der Waals surface area (Å²) in [6.07, 6.45) is -56.5. The molecule has 0 aromatic rings. The zero-order valence-corrected chi connectivity index (χ0v) is 47.7. The third kappa shape index (κ3) is 15.4. The second kappa shape index (κ2) is 28.4. The number of carbonyl (C=O) groups is 2. The fourth-order valence-corrected chi connectivity index (χ4v) is 11.8. The highest BCUT2D eigenvalue weighted by molar-refractivity contribution is 7.80. The normalized spacial score (nSPS) is 46.5. The second-order valence-corrected chi connectivity index (χ2v) is 29.5. The summed E-state index contributed by atoms with van der Waals surface area (Å²) in [5, 5.41) is 180. The van der Waals surface area contributed by atoms with Crippen LogP contribution in [-0.2, 0) is 81.0 Å². The van der Waals surface area contributed by atoms with E-state index >= 15 is 0 Å². The van der Waals surface area contributed by atoms with Gasteiger partial charge in [0.1, 0.15) is 134 Å². The van der Waals surface area contributed by atoms with Gasteiger partial charge >= 0.3 is 10.4 Å². The topological polar surface area (TPSA) is 556 Å². The van der Waals surface area contributed by atoms with Crippen molar-refractivity contribution in [3.05, 3.63) is 0 Å². The van der Waals surface area contributed by atoms with Crippen molar-refractivity contribution in [2.24, 2.45) is 0 Å². The third-order valence-electron chi connectivity index (χ3n) is 15.4. The summed E-state index contributed by atoms with van der Waals surface area (Å²) in [7, 11) is -7.18. The van der Waals surface area contributed by atoms with Crippen LogP contribution in [0.3, 0.4) is 0 Å². The van der Waals surface area contributed by atoms with Crippen molar-refractivity contribution in [3.63, 3.8) is 0 Å². The summed E-state index contributed by atoms with van der Waals surface area (Å²) in [6.45, 7) is 2.90. The van der Waals surface area contributed by atoms with Crippen LogP contribution in [0.5, 0.6) is 0 Å². The number of hydrogen-bond donors (Lipinski definition) is 19. The fraction of sp³-hybridized carbons (Fsp3) is 0.957. The average molecular weight is 1270 g/mol. The van der Waals surface area contributed by atoms with Crippen LogP contribution >= 0.6 is 0 Å². The minimum absolute atomic E-state index is 0.106. The van der Waals surface area contributed by atoms with E-state index in [1.54, 1.807) is 0 Å². The van der Waals surface area contributed by atoms with Crippen molar-refractivity contribution < 1.29 is 165 Å². The van der Waals surface area contributed by atoms with Crippen LogP contribution in [0.25, 0.3) is 0 Å². The first-order chi connectivity index (χ1) is 39.3. The highest BCUT2D eigenvalue weighted by Gasteiger charge is 2.64. The van der Waals surface area contributed by atoms with Crippen molar-refractivity contribution in [3.8, 4) is 0 Å². The molecule has 8 fully saturated rings. The SMILES string of the molecule is CC(=O)N[C@H]1[C@H](O[C@H]2[C@@H](O)[C@@H](CO)O[C@@H](O[C@H]3[C@H](O)[C@@H](O)[C@H](OCC[Si](C)(C)C)O[C@@H]3CO)[C@@H]2O)O[C@H](COS(=O)(=O)O)[C@@H](O[C@@H]2O[C@H](CO)[C@H](O)[C@H](O[C@@]34C[C@H](O)[C@@H](NC3=O)[C@H]([C@H](O)[C@H](O)CO)O4)[C@H]2O)[C@@H]1O[C@@H]1O[C@@H](C)[C@@H](O)[C@@H](O)[C@@H]1O. The zero-order valence-electron chi connectivity index (χ0n) is 45.9. The summed E-state index contributed by atoms with van der Waals surface area (Å²) < 4.78 is 110. The van der Waals surface area contributed by atoms with Crippen LogP contribution < -0.4 is 10.6 Å². The first-order valence-electron chi connectivity index (χ1n) is 27.0. The van der Waals surface area contributed by atoms with E-state index in [-0.39, 0.29) is 6.61 Å². The molecule has 8 heterocycles. The van der Waals surface area contributed by atoms with Gasteiger partial charge in [0.15, 0.2) is 31.5 Å². The molecule has 36 nitrogen and oxygen atoms in total. The molecule has 0 aromatic carbocycles. The predicted octanol–water partition coefficient (Wildman–Crippen LogP) is -11.5. The first kappa shape index (κ1) is 69.4. The van der Waals surface area contributed by atoms with Gasteiger partial charge in [-0.2, -0.15) is 8.42 Å². The molecule has 0 unspecified atom stereocenters. The van der Waals surface area contributed by atoms with Crippen molar-refractivity contribution in [1.82, 2.24) is 10.6 Å². The molecule has 8 aliphatic heterocycles. The van der Waals surface area contributed by atoms with Crippen LogP contribution in [0.1, 0.15) is 20.3 Å².